The zero-order valence-electron chi connectivity index (χ0n) is 15.6. The summed E-state index contributed by atoms with van der Waals surface area (Å²) >= 11 is 7.26. The number of hydrogen-bond acceptors (Lipinski definition) is 4. The van der Waals surface area contributed by atoms with Crippen LogP contribution in [0.5, 0.6) is 0 Å². The van der Waals surface area contributed by atoms with Crippen LogP contribution in [0, 0.1) is 11.8 Å². The maximum atomic E-state index is 12.5. The highest BCUT2D eigenvalue weighted by molar-refractivity contribution is 7.18. The Bertz CT molecular complexity index is 658. The van der Waals surface area contributed by atoms with Gasteiger partial charge in [-0.05, 0) is 70.4 Å². The minimum absolute atomic E-state index is 0.0339. The average molecular weight is 399 g/mol. The summed E-state index contributed by atoms with van der Waals surface area (Å²) in [6, 6.07) is 3.72. The van der Waals surface area contributed by atoms with Crippen LogP contribution in [-0.4, -0.2) is 41.6 Å². The van der Waals surface area contributed by atoms with Gasteiger partial charge >= 0.3 is 6.09 Å². The normalized spacial score (nSPS) is 19.9. The van der Waals surface area contributed by atoms with Crippen molar-refractivity contribution in [2.75, 3.05) is 13.1 Å². The van der Waals surface area contributed by atoms with Crippen LogP contribution in [0.4, 0.5) is 4.79 Å². The highest BCUT2D eigenvalue weighted by Crippen LogP contribution is 2.39. The molecule has 2 heterocycles. The molecule has 1 N–H and O–H groups in total. The molecule has 1 atom stereocenters. The van der Waals surface area contributed by atoms with Gasteiger partial charge in [0, 0.05) is 19.1 Å². The van der Waals surface area contributed by atoms with Gasteiger partial charge < -0.3 is 15.0 Å². The van der Waals surface area contributed by atoms with Crippen LogP contribution in [0.2, 0.25) is 4.34 Å². The van der Waals surface area contributed by atoms with Crippen molar-refractivity contribution in [3.05, 3.63) is 21.3 Å². The van der Waals surface area contributed by atoms with E-state index in [0.717, 1.165) is 12.8 Å². The second kappa shape index (κ2) is 7.77. The Kier molecular flexibility index (Phi) is 5.82. The molecule has 1 unspecified atom stereocenters. The molecule has 26 heavy (non-hydrogen) atoms. The second-order valence-electron chi connectivity index (χ2n) is 8.25. The molecule has 5 nitrogen and oxygen atoms in total. The molecular formula is C19H27ClN2O3S. The molecule has 0 aromatic carbocycles. The van der Waals surface area contributed by atoms with Gasteiger partial charge in [0.2, 0.25) is 0 Å². The quantitative estimate of drug-likeness (QED) is 0.808. The molecule has 144 valence electrons. The summed E-state index contributed by atoms with van der Waals surface area (Å²) < 4.78 is 6.09. The van der Waals surface area contributed by atoms with Crippen molar-refractivity contribution >= 4 is 34.9 Å². The first-order valence-electron chi connectivity index (χ1n) is 9.27. The monoisotopic (exact) mass is 398 g/mol. The first-order valence-corrected chi connectivity index (χ1v) is 10.5. The van der Waals surface area contributed by atoms with Gasteiger partial charge in [0.15, 0.2) is 0 Å². The third-order valence-corrected chi connectivity index (χ3v) is 6.15. The maximum absolute atomic E-state index is 12.5. The Hall–Kier alpha value is -1.27. The van der Waals surface area contributed by atoms with E-state index in [0.29, 0.717) is 34.1 Å². The van der Waals surface area contributed by atoms with Crippen LogP contribution in [-0.2, 0) is 4.74 Å². The Morgan fingerprint density at radius 3 is 2.31 bits per heavy atom. The van der Waals surface area contributed by atoms with E-state index in [-0.39, 0.29) is 18.0 Å². The smallest absolute Gasteiger partial charge is 0.410 e. The molecule has 1 saturated heterocycles. The minimum Gasteiger partial charge on any atom is -0.444 e. The van der Waals surface area contributed by atoms with Crippen LogP contribution >= 0.6 is 22.9 Å². The number of carbonyl (C=O) groups excluding carboxylic acids is 2. The summed E-state index contributed by atoms with van der Waals surface area (Å²) in [4.78, 5) is 27.2. The molecule has 2 amide bonds. The molecular weight excluding hydrogens is 372 g/mol. The minimum atomic E-state index is -0.472. The van der Waals surface area contributed by atoms with E-state index >= 15 is 0 Å². The summed E-state index contributed by atoms with van der Waals surface area (Å²) in [5.74, 6) is 0.932. The largest absolute Gasteiger partial charge is 0.444 e. The predicted molar refractivity (Wildman–Crippen MR) is 104 cm³/mol. The number of rotatable bonds is 4. The van der Waals surface area contributed by atoms with Gasteiger partial charge in [-0.2, -0.15) is 0 Å². The van der Waals surface area contributed by atoms with E-state index in [2.05, 4.69) is 5.32 Å². The van der Waals surface area contributed by atoms with Crippen molar-refractivity contribution in [2.45, 2.75) is 58.1 Å². The third kappa shape index (κ3) is 5.13. The Balaban J connectivity index is 1.55. The molecule has 1 aromatic rings. The van der Waals surface area contributed by atoms with E-state index < -0.39 is 5.60 Å². The van der Waals surface area contributed by atoms with Gasteiger partial charge in [0.05, 0.1) is 9.21 Å². The van der Waals surface area contributed by atoms with E-state index in [1.165, 1.54) is 24.2 Å². The average Bonchev–Trinajstić information content (AvgIpc) is 3.31. The zero-order valence-corrected chi connectivity index (χ0v) is 17.2. The fraction of sp³-hybridized carbons (Fsp3) is 0.684. The molecule has 1 aliphatic heterocycles. The molecule has 1 aromatic heterocycles. The molecule has 0 bridgehead atoms. The molecule has 2 aliphatic rings. The number of thiophene rings is 1. The van der Waals surface area contributed by atoms with Gasteiger partial charge in [0.1, 0.15) is 5.60 Å². The van der Waals surface area contributed by atoms with Crippen LogP contribution in [0.15, 0.2) is 12.1 Å². The highest BCUT2D eigenvalue weighted by Gasteiger charge is 2.40. The number of nitrogens with zero attached hydrogens (tertiary/aromatic N) is 1. The van der Waals surface area contributed by atoms with Gasteiger partial charge in [-0.25, -0.2) is 4.79 Å². The lowest BCUT2D eigenvalue weighted by Crippen LogP contribution is -2.48. The SMILES string of the molecule is CC(C)(C)OC(=O)N1CCC(C(NC(=O)c2ccc(Cl)s2)C2CC2)CC1. The number of hydrogen-bond donors (Lipinski definition) is 1. The van der Waals surface area contributed by atoms with Crippen molar-refractivity contribution < 1.29 is 14.3 Å². The zero-order chi connectivity index (χ0) is 18.9. The fourth-order valence-corrected chi connectivity index (χ4v) is 4.45. The molecule has 7 heteroatoms. The summed E-state index contributed by atoms with van der Waals surface area (Å²) in [5, 5.41) is 3.24. The Morgan fingerprint density at radius 2 is 1.81 bits per heavy atom. The fourth-order valence-electron chi connectivity index (χ4n) is 3.50. The van der Waals surface area contributed by atoms with Crippen molar-refractivity contribution in [3.63, 3.8) is 0 Å². The topological polar surface area (TPSA) is 58.6 Å². The van der Waals surface area contributed by atoms with E-state index in [1.807, 2.05) is 20.8 Å². The van der Waals surface area contributed by atoms with Gasteiger partial charge in [0.25, 0.3) is 5.91 Å². The number of nitrogens with one attached hydrogen (secondary N) is 1. The van der Waals surface area contributed by atoms with Crippen molar-refractivity contribution in [3.8, 4) is 0 Å². The van der Waals surface area contributed by atoms with Crippen LogP contribution in [0.3, 0.4) is 0 Å². The van der Waals surface area contributed by atoms with E-state index in [4.69, 9.17) is 16.3 Å². The van der Waals surface area contributed by atoms with Gasteiger partial charge in [-0.1, -0.05) is 11.6 Å². The predicted octanol–water partition coefficient (Wildman–Crippen LogP) is 4.56. The van der Waals surface area contributed by atoms with Gasteiger partial charge in [-0.3, -0.25) is 4.79 Å². The number of piperidine rings is 1. The summed E-state index contributed by atoms with van der Waals surface area (Å²) in [6.07, 6.45) is 3.89. The standard InChI is InChI=1S/C19H27ClN2O3S/c1-19(2,3)25-18(24)22-10-8-13(9-11-22)16(12-4-5-12)21-17(23)14-6-7-15(20)26-14/h6-7,12-13,16H,4-5,8-11H2,1-3H3,(H,21,23). The van der Waals surface area contributed by atoms with Crippen LogP contribution in [0.1, 0.15) is 56.1 Å². The number of halogens is 1. The Labute approximate surface area is 164 Å². The molecule has 1 saturated carbocycles. The summed E-state index contributed by atoms with van der Waals surface area (Å²) in [6.45, 7) is 7.01. The second-order valence-corrected chi connectivity index (χ2v) is 9.96. The summed E-state index contributed by atoms with van der Waals surface area (Å²) in [5.41, 5.74) is -0.472. The first kappa shape index (κ1) is 19.5. The van der Waals surface area contributed by atoms with Crippen molar-refractivity contribution in [1.82, 2.24) is 10.2 Å². The number of amides is 2. The summed E-state index contributed by atoms with van der Waals surface area (Å²) in [7, 11) is 0. The Morgan fingerprint density at radius 1 is 1.19 bits per heavy atom. The van der Waals surface area contributed by atoms with Crippen LogP contribution < -0.4 is 5.32 Å². The van der Waals surface area contributed by atoms with Crippen LogP contribution in [0.25, 0.3) is 0 Å². The van der Waals surface area contributed by atoms with Crippen molar-refractivity contribution in [2.24, 2.45) is 11.8 Å². The molecule has 0 radical (unpaired) electrons. The van der Waals surface area contributed by atoms with Crippen molar-refractivity contribution in [1.29, 1.82) is 0 Å². The first-order chi connectivity index (χ1) is 12.2. The third-order valence-electron chi connectivity index (χ3n) is 4.92. The number of likely N-dealkylation sites (tertiary alicyclic amines) is 1. The lowest BCUT2D eigenvalue weighted by molar-refractivity contribution is 0.0164. The van der Waals surface area contributed by atoms with E-state index in [9.17, 15) is 9.59 Å². The highest BCUT2D eigenvalue weighted by atomic mass is 35.5. The maximum Gasteiger partial charge on any atom is 0.410 e. The molecule has 2 fully saturated rings. The number of ether oxygens (including phenoxy) is 1. The van der Waals surface area contributed by atoms with Gasteiger partial charge in [-0.15, -0.1) is 11.3 Å². The number of carbonyl (C=O) groups is 2. The molecule has 3 rings (SSSR count). The lowest BCUT2D eigenvalue weighted by atomic mass is 9.86. The molecule has 1 aliphatic carbocycles. The lowest BCUT2D eigenvalue weighted by Gasteiger charge is -2.37. The molecule has 0 spiro atoms. The van der Waals surface area contributed by atoms with E-state index in [1.54, 1.807) is 17.0 Å².